The van der Waals surface area contributed by atoms with E-state index in [1.807, 2.05) is 10.7 Å². The zero-order valence-electron chi connectivity index (χ0n) is 11.9. The first-order valence-electron chi connectivity index (χ1n) is 7.00. The number of halogens is 1. The zero-order chi connectivity index (χ0) is 14.8. The molecule has 0 aromatic carbocycles. The van der Waals surface area contributed by atoms with Crippen molar-refractivity contribution in [2.45, 2.75) is 26.1 Å². The zero-order valence-corrected chi connectivity index (χ0v) is 12.7. The van der Waals surface area contributed by atoms with E-state index in [1.165, 1.54) is 5.69 Å². The van der Waals surface area contributed by atoms with E-state index >= 15 is 0 Å². The lowest BCUT2D eigenvalue weighted by atomic mass is 10.3. The highest BCUT2D eigenvalue weighted by atomic mass is 35.5. The Bertz CT molecular complexity index is 637. The average molecular weight is 308 g/mol. The standard InChI is InChI=1S/C14H18ClN5O/c1-19-9-10(15)5-13(19)14(21)17-7-11-6-12-8-16-3-2-4-20(12)18-11/h5-6,9,16H,2-4,7-8H2,1H3,(H,17,21). The largest absolute Gasteiger partial charge is 0.345 e. The van der Waals surface area contributed by atoms with Crippen molar-refractivity contribution in [1.29, 1.82) is 0 Å². The van der Waals surface area contributed by atoms with Gasteiger partial charge in [-0.05, 0) is 25.1 Å². The molecule has 2 N–H and O–H groups in total. The molecule has 3 heterocycles. The van der Waals surface area contributed by atoms with Crippen LogP contribution in [0.5, 0.6) is 0 Å². The maximum atomic E-state index is 12.1. The van der Waals surface area contributed by atoms with Crippen LogP contribution in [0.3, 0.4) is 0 Å². The third kappa shape index (κ3) is 3.11. The predicted molar refractivity (Wildman–Crippen MR) is 80.1 cm³/mol. The molecule has 112 valence electrons. The van der Waals surface area contributed by atoms with Crippen molar-refractivity contribution >= 4 is 17.5 Å². The molecule has 0 aliphatic carbocycles. The van der Waals surface area contributed by atoms with E-state index in [-0.39, 0.29) is 5.91 Å². The van der Waals surface area contributed by atoms with Crippen LogP contribution in [-0.4, -0.2) is 26.8 Å². The van der Waals surface area contributed by atoms with Gasteiger partial charge in [0.1, 0.15) is 5.69 Å². The van der Waals surface area contributed by atoms with Gasteiger partial charge in [-0.3, -0.25) is 9.48 Å². The molecule has 0 atom stereocenters. The summed E-state index contributed by atoms with van der Waals surface area (Å²) in [4.78, 5) is 12.1. The highest BCUT2D eigenvalue weighted by molar-refractivity contribution is 6.31. The summed E-state index contributed by atoms with van der Waals surface area (Å²) in [7, 11) is 1.80. The smallest absolute Gasteiger partial charge is 0.268 e. The number of nitrogens with one attached hydrogen (secondary N) is 2. The van der Waals surface area contributed by atoms with Gasteiger partial charge < -0.3 is 15.2 Å². The number of nitrogens with zero attached hydrogens (tertiary/aromatic N) is 3. The summed E-state index contributed by atoms with van der Waals surface area (Å²) in [6.07, 6.45) is 2.78. The van der Waals surface area contributed by atoms with E-state index in [0.29, 0.717) is 17.3 Å². The summed E-state index contributed by atoms with van der Waals surface area (Å²) < 4.78 is 3.73. The van der Waals surface area contributed by atoms with Crippen LogP contribution in [0.2, 0.25) is 5.02 Å². The van der Waals surface area contributed by atoms with Crippen molar-refractivity contribution in [3.63, 3.8) is 0 Å². The third-order valence-electron chi connectivity index (χ3n) is 3.58. The lowest BCUT2D eigenvalue weighted by Crippen LogP contribution is -2.25. The van der Waals surface area contributed by atoms with Crippen LogP contribution in [0.4, 0.5) is 0 Å². The van der Waals surface area contributed by atoms with Gasteiger partial charge in [0, 0.05) is 26.3 Å². The number of carbonyl (C=O) groups is 1. The second-order valence-corrected chi connectivity index (χ2v) is 5.65. The van der Waals surface area contributed by atoms with Gasteiger partial charge >= 0.3 is 0 Å². The lowest BCUT2D eigenvalue weighted by Gasteiger charge is -2.04. The van der Waals surface area contributed by atoms with Crippen molar-refractivity contribution in [2.24, 2.45) is 7.05 Å². The van der Waals surface area contributed by atoms with Crippen LogP contribution in [0.25, 0.3) is 0 Å². The molecule has 0 fully saturated rings. The average Bonchev–Trinajstić information content (AvgIpc) is 2.92. The van der Waals surface area contributed by atoms with E-state index in [9.17, 15) is 4.79 Å². The van der Waals surface area contributed by atoms with Crippen molar-refractivity contribution < 1.29 is 4.79 Å². The summed E-state index contributed by atoms with van der Waals surface area (Å²) in [6.45, 7) is 3.18. The fourth-order valence-electron chi connectivity index (χ4n) is 2.52. The van der Waals surface area contributed by atoms with Crippen LogP contribution >= 0.6 is 11.6 Å². The maximum absolute atomic E-state index is 12.1. The summed E-state index contributed by atoms with van der Waals surface area (Å²) in [5.74, 6) is -0.147. The van der Waals surface area contributed by atoms with Gasteiger partial charge in [0.15, 0.2) is 0 Å². The highest BCUT2D eigenvalue weighted by Crippen LogP contribution is 2.13. The first-order valence-corrected chi connectivity index (χ1v) is 7.37. The van der Waals surface area contributed by atoms with Gasteiger partial charge in [-0.15, -0.1) is 0 Å². The van der Waals surface area contributed by atoms with Gasteiger partial charge in [-0.1, -0.05) is 11.6 Å². The van der Waals surface area contributed by atoms with E-state index in [0.717, 1.165) is 31.7 Å². The van der Waals surface area contributed by atoms with Gasteiger partial charge in [0.2, 0.25) is 0 Å². The Kier molecular flexibility index (Phi) is 3.98. The molecule has 0 saturated heterocycles. The monoisotopic (exact) mass is 307 g/mol. The van der Waals surface area contributed by atoms with Gasteiger partial charge in [0.05, 0.1) is 23.0 Å². The normalized spacial score (nSPS) is 14.6. The summed E-state index contributed by atoms with van der Waals surface area (Å²) >= 11 is 5.89. The van der Waals surface area contributed by atoms with Crippen molar-refractivity contribution in [2.75, 3.05) is 6.54 Å². The SMILES string of the molecule is Cn1cc(Cl)cc1C(=O)NCc1cc2n(n1)CCCNC2. The summed E-state index contributed by atoms with van der Waals surface area (Å²) in [6, 6.07) is 3.69. The summed E-state index contributed by atoms with van der Waals surface area (Å²) in [5, 5.41) is 11.3. The molecule has 0 bridgehead atoms. The van der Waals surface area contributed by atoms with Crippen LogP contribution in [0.15, 0.2) is 18.3 Å². The van der Waals surface area contributed by atoms with E-state index in [4.69, 9.17) is 11.6 Å². The summed E-state index contributed by atoms with van der Waals surface area (Å²) in [5.41, 5.74) is 2.59. The number of rotatable bonds is 3. The number of hydrogen-bond donors (Lipinski definition) is 2. The molecule has 1 aliphatic heterocycles. The Labute approximate surface area is 128 Å². The number of amides is 1. The molecule has 0 radical (unpaired) electrons. The Balaban J connectivity index is 1.65. The number of carbonyl (C=O) groups excluding carboxylic acids is 1. The van der Waals surface area contributed by atoms with E-state index in [2.05, 4.69) is 15.7 Å². The fourth-order valence-corrected chi connectivity index (χ4v) is 2.77. The van der Waals surface area contributed by atoms with Gasteiger partial charge in [-0.2, -0.15) is 5.10 Å². The Morgan fingerprint density at radius 2 is 2.38 bits per heavy atom. The molecule has 0 spiro atoms. The number of aromatic nitrogens is 3. The fraction of sp³-hybridized carbons (Fsp3) is 0.429. The van der Waals surface area contributed by atoms with Gasteiger partial charge in [0.25, 0.3) is 5.91 Å². The molecule has 3 rings (SSSR count). The van der Waals surface area contributed by atoms with Gasteiger partial charge in [-0.25, -0.2) is 0 Å². The van der Waals surface area contributed by atoms with Crippen molar-refractivity contribution in [3.8, 4) is 0 Å². The molecule has 1 amide bonds. The Morgan fingerprint density at radius 1 is 1.52 bits per heavy atom. The molecule has 1 aliphatic rings. The first kappa shape index (κ1) is 14.2. The number of fused-ring (bicyclic) bond motifs is 1. The minimum absolute atomic E-state index is 0.147. The lowest BCUT2D eigenvalue weighted by molar-refractivity contribution is 0.0942. The number of aryl methyl sites for hydroxylation is 2. The van der Waals surface area contributed by atoms with Crippen LogP contribution < -0.4 is 10.6 Å². The Hall–Kier alpha value is -1.79. The van der Waals surface area contributed by atoms with Crippen LogP contribution in [0, 0.1) is 0 Å². The quantitative estimate of drug-likeness (QED) is 0.898. The second kappa shape index (κ2) is 5.91. The predicted octanol–water partition coefficient (Wildman–Crippen LogP) is 1.30. The minimum Gasteiger partial charge on any atom is -0.345 e. The molecule has 0 unspecified atom stereocenters. The first-order chi connectivity index (χ1) is 10.1. The molecular formula is C14H18ClN5O. The second-order valence-electron chi connectivity index (χ2n) is 5.22. The maximum Gasteiger partial charge on any atom is 0.268 e. The molecule has 7 heteroatoms. The van der Waals surface area contributed by atoms with E-state index in [1.54, 1.807) is 23.9 Å². The Morgan fingerprint density at radius 3 is 3.14 bits per heavy atom. The molecule has 6 nitrogen and oxygen atoms in total. The van der Waals surface area contributed by atoms with E-state index < -0.39 is 0 Å². The molecule has 21 heavy (non-hydrogen) atoms. The third-order valence-corrected chi connectivity index (χ3v) is 3.78. The molecule has 2 aromatic rings. The molecule has 0 saturated carbocycles. The van der Waals surface area contributed by atoms with Crippen LogP contribution in [-0.2, 0) is 26.7 Å². The number of hydrogen-bond acceptors (Lipinski definition) is 3. The molecular weight excluding hydrogens is 290 g/mol. The topological polar surface area (TPSA) is 63.9 Å². The highest BCUT2D eigenvalue weighted by Gasteiger charge is 2.14. The van der Waals surface area contributed by atoms with Crippen LogP contribution in [0.1, 0.15) is 28.3 Å². The minimum atomic E-state index is -0.147. The molecule has 2 aromatic heterocycles. The van der Waals surface area contributed by atoms with Crippen molar-refractivity contribution in [1.82, 2.24) is 25.0 Å². The van der Waals surface area contributed by atoms with Crippen molar-refractivity contribution in [3.05, 3.63) is 40.4 Å².